The van der Waals surface area contributed by atoms with E-state index in [9.17, 15) is 34.8 Å². The van der Waals surface area contributed by atoms with Crippen molar-refractivity contribution in [1.82, 2.24) is 9.80 Å². The van der Waals surface area contributed by atoms with Crippen LogP contribution in [0.3, 0.4) is 0 Å². The quantitative estimate of drug-likeness (QED) is 0.251. The van der Waals surface area contributed by atoms with Crippen molar-refractivity contribution < 1.29 is 54.5 Å². The Morgan fingerprint density at radius 1 is 0.741 bits per heavy atom. The summed E-state index contributed by atoms with van der Waals surface area (Å²) in [6.07, 6.45) is -13.3. The first-order chi connectivity index (χ1) is 12.7. The molecule has 0 aromatic rings. The van der Waals surface area contributed by atoms with Crippen LogP contribution in [-0.2, 0) is 19.1 Å². The van der Waals surface area contributed by atoms with E-state index >= 15 is 0 Å². The number of hydrogen-bond acceptors (Lipinski definition) is 11. The van der Waals surface area contributed by atoms with Gasteiger partial charge >= 0.3 is 6.03 Å². The van der Waals surface area contributed by atoms with Crippen LogP contribution in [-0.4, -0.2) is 121 Å². The Balaban J connectivity index is 1.87. The summed E-state index contributed by atoms with van der Waals surface area (Å²) in [6, 6.07) is -1.30. The molecule has 8 atom stereocenters. The normalized spacial score (nSPS) is 43.1. The predicted molar refractivity (Wildman–Crippen MR) is 79.2 cm³/mol. The van der Waals surface area contributed by atoms with E-state index < -0.39 is 86.6 Å². The highest BCUT2D eigenvalue weighted by atomic mass is 16.6. The monoisotopic (exact) mass is 392 g/mol. The minimum Gasteiger partial charge on any atom is -0.394 e. The predicted octanol–water partition coefficient (Wildman–Crippen LogP) is -4.95. The molecular weight excluding hydrogens is 372 g/mol. The summed E-state index contributed by atoms with van der Waals surface area (Å²) < 4.78 is 10.3. The van der Waals surface area contributed by atoms with Gasteiger partial charge in [0.1, 0.15) is 43.0 Å². The van der Waals surface area contributed by atoms with Gasteiger partial charge in [-0.3, -0.25) is 9.59 Å². The van der Waals surface area contributed by atoms with Crippen molar-refractivity contribution in [3.63, 3.8) is 0 Å². The molecule has 0 bridgehead atoms. The molecule has 3 fully saturated rings. The van der Waals surface area contributed by atoms with Crippen LogP contribution in [0.15, 0.2) is 0 Å². The van der Waals surface area contributed by atoms with Crippen molar-refractivity contribution in [2.45, 2.75) is 55.5 Å². The Labute approximate surface area is 151 Å². The lowest BCUT2D eigenvalue weighted by atomic mass is 10.1. The molecule has 0 spiro atoms. The van der Waals surface area contributed by atoms with Crippen molar-refractivity contribution in [2.75, 3.05) is 13.2 Å². The Hall–Kier alpha value is -1.71. The molecular formula is C14H20N2O11. The second-order valence-electron chi connectivity index (χ2n) is 6.44. The lowest BCUT2D eigenvalue weighted by Crippen LogP contribution is -2.64. The van der Waals surface area contributed by atoms with Crippen molar-refractivity contribution in [3.8, 4) is 0 Å². The van der Waals surface area contributed by atoms with Gasteiger partial charge in [-0.25, -0.2) is 14.6 Å². The number of rotatable bonds is 4. The zero-order valence-corrected chi connectivity index (χ0v) is 13.9. The molecule has 27 heavy (non-hydrogen) atoms. The van der Waals surface area contributed by atoms with E-state index in [1.54, 1.807) is 0 Å². The highest BCUT2D eigenvalue weighted by Gasteiger charge is 2.56. The molecule has 13 heteroatoms. The Morgan fingerprint density at radius 3 is 1.41 bits per heavy atom. The highest BCUT2D eigenvalue weighted by Crippen LogP contribution is 2.31. The summed E-state index contributed by atoms with van der Waals surface area (Å²) in [4.78, 5) is 37.9. The van der Waals surface area contributed by atoms with E-state index in [2.05, 4.69) is 0 Å². The smallest absolute Gasteiger partial charge is 0.337 e. The summed E-state index contributed by atoms with van der Waals surface area (Å²) in [5, 5.41) is 58.0. The third-order valence-electron chi connectivity index (χ3n) is 4.80. The van der Waals surface area contributed by atoms with Crippen LogP contribution in [0.4, 0.5) is 4.79 Å². The first kappa shape index (κ1) is 20.0. The highest BCUT2D eigenvalue weighted by molar-refractivity contribution is 6.14. The Bertz CT molecular complexity index is 580. The summed E-state index contributed by atoms with van der Waals surface area (Å²) in [5.41, 5.74) is 0. The molecule has 152 valence electrons. The molecule has 3 aliphatic rings. The number of ether oxygens (including phenoxy) is 2. The van der Waals surface area contributed by atoms with Gasteiger partial charge in [0.2, 0.25) is 11.8 Å². The minimum absolute atomic E-state index is 0.389. The van der Waals surface area contributed by atoms with Crippen LogP contribution in [0, 0.1) is 0 Å². The first-order valence-electron chi connectivity index (χ1n) is 8.15. The molecule has 3 aliphatic heterocycles. The average molecular weight is 392 g/mol. The van der Waals surface area contributed by atoms with E-state index in [-0.39, 0.29) is 0 Å². The summed E-state index contributed by atoms with van der Waals surface area (Å²) in [5.74, 6) is -2.05. The minimum atomic E-state index is -1.74. The summed E-state index contributed by atoms with van der Waals surface area (Å²) >= 11 is 0. The molecule has 3 rings (SSSR count). The topological polar surface area (TPSA) is 198 Å². The van der Waals surface area contributed by atoms with Crippen LogP contribution < -0.4 is 0 Å². The van der Waals surface area contributed by atoms with Gasteiger partial charge in [-0.1, -0.05) is 0 Å². The number of hydrogen-bond donors (Lipinski definition) is 6. The van der Waals surface area contributed by atoms with Crippen LogP contribution in [0.1, 0.15) is 6.42 Å². The number of nitrogens with zero attached hydrogens (tertiary/aromatic N) is 2. The molecule has 0 saturated carbocycles. The fraction of sp³-hybridized carbons (Fsp3) is 0.786. The summed E-state index contributed by atoms with van der Waals surface area (Å²) in [6.45, 7) is -1.38. The Kier molecular flexibility index (Phi) is 5.47. The van der Waals surface area contributed by atoms with Gasteiger partial charge in [-0.05, 0) is 0 Å². The molecule has 0 unspecified atom stereocenters. The molecule has 6 N–H and O–H groups in total. The van der Waals surface area contributed by atoms with Gasteiger partial charge in [0.15, 0.2) is 12.5 Å². The molecule has 0 aromatic heterocycles. The molecule has 3 saturated heterocycles. The molecule has 4 amide bonds. The standard InChI is InChI=1S/C14H20N2O11/c17-2-4-8(21)10(23)12(26-4)15-6(19)1-7(20)16(14(15)25)13-11(24)9(22)5(3-18)27-13/h4-5,8-13,17-18,21-24H,1-3H2/t4-,5-,8-,9-,10-,11-,12-,13-/m1/s1. The van der Waals surface area contributed by atoms with Gasteiger partial charge in [-0.15, -0.1) is 0 Å². The van der Waals surface area contributed by atoms with Gasteiger partial charge in [0.25, 0.3) is 0 Å². The number of aliphatic hydroxyl groups excluding tert-OH is 6. The van der Waals surface area contributed by atoms with E-state index in [0.29, 0.717) is 9.80 Å². The maximum absolute atomic E-state index is 12.8. The van der Waals surface area contributed by atoms with Crippen LogP contribution in [0.25, 0.3) is 0 Å². The zero-order valence-electron chi connectivity index (χ0n) is 13.9. The van der Waals surface area contributed by atoms with Gasteiger partial charge in [0, 0.05) is 0 Å². The maximum Gasteiger partial charge on any atom is 0.337 e. The second kappa shape index (κ2) is 7.37. The lowest BCUT2D eigenvalue weighted by molar-refractivity contribution is -0.167. The van der Waals surface area contributed by atoms with Crippen molar-refractivity contribution in [2.24, 2.45) is 0 Å². The SMILES string of the molecule is O=C1CC(=O)N([C@@H]2O[C@H](CO)[C@@H](O)[C@H]2O)C(=O)N1[C@@H]1O[C@H](CO)[C@@H](O)[C@H]1O. The number of carbonyl (C=O) groups excluding carboxylic acids is 3. The first-order valence-corrected chi connectivity index (χ1v) is 8.15. The van der Waals surface area contributed by atoms with Crippen LogP contribution in [0.2, 0.25) is 0 Å². The second-order valence-corrected chi connectivity index (χ2v) is 6.44. The number of barbiturate groups is 1. The molecule has 0 aromatic carbocycles. The molecule has 13 nitrogen and oxygen atoms in total. The average Bonchev–Trinajstić information content (AvgIpc) is 3.06. The largest absolute Gasteiger partial charge is 0.394 e. The number of aliphatic hydroxyl groups is 6. The molecule has 0 aliphatic carbocycles. The van der Waals surface area contributed by atoms with E-state index in [1.807, 2.05) is 0 Å². The van der Waals surface area contributed by atoms with Crippen molar-refractivity contribution >= 4 is 17.8 Å². The van der Waals surface area contributed by atoms with E-state index in [0.717, 1.165) is 0 Å². The molecule has 3 heterocycles. The fourth-order valence-electron chi connectivity index (χ4n) is 3.32. The van der Waals surface area contributed by atoms with E-state index in [1.165, 1.54) is 0 Å². The number of imide groups is 2. The van der Waals surface area contributed by atoms with Gasteiger partial charge < -0.3 is 40.1 Å². The molecule has 0 radical (unpaired) electrons. The Morgan fingerprint density at radius 2 is 1.11 bits per heavy atom. The van der Waals surface area contributed by atoms with Crippen molar-refractivity contribution in [1.29, 1.82) is 0 Å². The fourth-order valence-corrected chi connectivity index (χ4v) is 3.32. The third-order valence-corrected chi connectivity index (χ3v) is 4.80. The van der Waals surface area contributed by atoms with Gasteiger partial charge in [0.05, 0.1) is 13.2 Å². The number of carbonyl (C=O) groups is 3. The van der Waals surface area contributed by atoms with Crippen molar-refractivity contribution in [3.05, 3.63) is 0 Å². The van der Waals surface area contributed by atoms with Crippen LogP contribution in [0.5, 0.6) is 0 Å². The summed E-state index contributed by atoms with van der Waals surface area (Å²) in [7, 11) is 0. The third kappa shape index (κ3) is 3.11. The van der Waals surface area contributed by atoms with Crippen LogP contribution >= 0.6 is 0 Å². The van der Waals surface area contributed by atoms with E-state index in [4.69, 9.17) is 19.7 Å². The lowest BCUT2D eigenvalue weighted by Gasteiger charge is -2.39. The number of amides is 4. The zero-order chi connectivity index (χ0) is 20.0. The maximum atomic E-state index is 12.8. The van der Waals surface area contributed by atoms with Gasteiger partial charge in [-0.2, -0.15) is 0 Å². The number of urea groups is 1.